The molecule has 2 bridgehead atoms. The number of rotatable bonds is 3. The fraction of sp³-hybridized carbons (Fsp3) is 0.650. The largest absolute Gasteiger partial charge is 0.469 e. The Morgan fingerprint density at radius 2 is 1.80 bits per heavy atom. The van der Waals surface area contributed by atoms with Crippen LogP contribution in [0, 0.1) is 23.7 Å². The molecule has 0 aromatic carbocycles. The summed E-state index contributed by atoms with van der Waals surface area (Å²) in [4.78, 5) is 67.9. The summed E-state index contributed by atoms with van der Waals surface area (Å²) in [5.41, 5.74) is -2.97. The van der Waals surface area contributed by atoms with E-state index in [1.807, 2.05) is 0 Å². The molecule has 10 heteroatoms. The Labute approximate surface area is 172 Å². The molecule has 0 unspecified atom stereocenters. The van der Waals surface area contributed by atoms with Crippen molar-refractivity contribution in [1.29, 1.82) is 0 Å². The average molecular weight is 418 g/mol. The molecule has 0 saturated carbocycles. The number of nitrogens with zero attached hydrogens (tertiary/aromatic N) is 2. The molecule has 0 aromatic rings. The van der Waals surface area contributed by atoms with Crippen LogP contribution >= 0.6 is 0 Å². The van der Waals surface area contributed by atoms with E-state index in [0.29, 0.717) is 0 Å². The van der Waals surface area contributed by atoms with Crippen LogP contribution in [0.3, 0.4) is 0 Å². The number of ether oxygens (including phenoxy) is 3. The number of fused-ring (bicyclic) bond motifs is 4. The second-order valence-electron chi connectivity index (χ2n) is 8.54. The van der Waals surface area contributed by atoms with Gasteiger partial charge in [0.25, 0.3) is 0 Å². The predicted octanol–water partition coefficient (Wildman–Crippen LogP) is -1.12. The van der Waals surface area contributed by atoms with E-state index in [1.54, 1.807) is 19.1 Å². The maximum atomic E-state index is 13.7. The second-order valence-corrected chi connectivity index (χ2v) is 8.54. The van der Waals surface area contributed by atoms with Gasteiger partial charge in [-0.3, -0.25) is 24.1 Å². The minimum atomic E-state index is -1.69. The Hall–Kier alpha value is -2.75. The van der Waals surface area contributed by atoms with E-state index < -0.39 is 76.6 Å². The van der Waals surface area contributed by atoms with Crippen molar-refractivity contribution in [2.45, 2.75) is 37.1 Å². The minimum Gasteiger partial charge on any atom is -0.469 e. The summed E-state index contributed by atoms with van der Waals surface area (Å²) in [7, 11) is 2.41. The summed E-state index contributed by atoms with van der Waals surface area (Å²) in [5, 5.41) is 0. The van der Waals surface area contributed by atoms with Crippen molar-refractivity contribution in [3.8, 4) is 0 Å². The Kier molecular flexibility index (Phi) is 3.64. The lowest BCUT2D eigenvalue weighted by Gasteiger charge is -2.37. The Morgan fingerprint density at radius 1 is 1.10 bits per heavy atom. The van der Waals surface area contributed by atoms with Gasteiger partial charge < -0.3 is 19.1 Å². The molecule has 0 aliphatic carbocycles. The van der Waals surface area contributed by atoms with E-state index >= 15 is 0 Å². The topological polar surface area (TPSA) is 120 Å². The summed E-state index contributed by atoms with van der Waals surface area (Å²) in [5.74, 6) is -6.68. The number of amides is 3. The number of hydrogen-bond acceptors (Lipinski definition) is 8. The molecule has 5 aliphatic heterocycles. The van der Waals surface area contributed by atoms with Crippen LogP contribution in [0.25, 0.3) is 0 Å². The molecule has 8 atom stereocenters. The predicted molar refractivity (Wildman–Crippen MR) is 96.2 cm³/mol. The van der Waals surface area contributed by atoms with Gasteiger partial charge in [0.05, 0.1) is 44.1 Å². The van der Waals surface area contributed by atoms with E-state index in [-0.39, 0.29) is 6.54 Å². The number of carbonyl (C=O) groups is 5. The fourth-order valence-electron chi connectivity index (χ4n) is 6.51. The maximum absolute atomic E-state index is 13.7. The lowest BCUT2D eigenvalue weighted by Crippen LogP contribution is -2.58. The van der Waals surface area contributed by atoms with Gasteiger partial charge in [0, 0.05) is 6.54 Å². The molecule has 30 heavy (non-hydrogen) atoms. The molecule has 5 heterocycles. The SMILES string of the molecule is CCN1C(=O)[C@H]2[C@@H](C1=O)[C@@](C)(C(=O)OC)N1C(=O)[C@H]3[C@@H](C(=O)OC)[C@@H]4C=C[C@]3(O4)[C@@H]21. The van der Waals surface area contributed by atoms with Crippen molar-refractivity contribution in [2.24, 2.45) is 23.7 Å². The highest BCUT2D eigenvalue weighted by Crippen LogP contribution is 2.64. The smallest absolute Gasteiger partial charge is 0.332 e. The lowest BCUT2D eigenvalue weighted by atomic mass is 9.69. The highest BCUT2D eigenvalue weighted by Gasteiger charge is 2.83. The first-order valence-electron chi connectivity index (χ1n) is 9.92. The number of carbonyl (C=O) groups excluding carboxylic acids is 5. The molecule has 5 aliphatic rings. The molecule has 4 fully saturated rings. The Morgan fingerprint density at radius 3 is 2.40 bits per heavy atom. The summed E-state index contributed by atoms with van der Waals surface area (Å²) in [6.07, 6.45) is 2.74. The van der Waals surface area contributed by atoms with Crippen LogP contribution in [0.4, 0.5) is 0 Å². The highest BCUT2D eigenvalue weighted by molar-refractivity contribution is 6.12. The van der Waals surface area contributed by atoms with E-state index in [4.69, 9.17) is 14.2 Å². The van der Waals surface area contributed by atoms with E-state index in [1.165, 1.54) is 26.0 Å². The van der Waals surface area contributed by atoms with Crippen molar-refractivity contribution in [1.82, 2.24) is 9.80 Å². The third kappa shape index (κ3) is 1.74. The normalized spacial score (nSPS) is 45.1. The highest BCUT2D eigenvalue weighted by atomic mass is 16.6. The van der Waals surface area contributed by atoms with Gasteiger partial charge in [0.1, 0.15) is 11.5 Å². The summed E-state index contributed by atoms with van der Waals surface area (Å²) >= 11 is 0. The van der Waals surface area contributed by atoms with Gasteiger partial charge in [-0.2, -0.15) is 0 Å². The molecule has 160 valence electrons. The molecule has 10 nitrogen and oxygen atoms in total. The van der Waals surface area contributed by atoms with Crippen molar-refractivity contribution < 1.29 is 38.2 Å². The van der Waals surface area contributed by atoms with Gasteiger partial charge in [0.2, 0.25) is 17.7 Å². The zero-order chi connectivity index (χ0) is 21.7. The molecule has 3 amide bonds. The fourth-order valence-corrected chi connectivity index (χ4v) is 6.51. The second kappa shape index (κ2) is 5.69. The maximum Gasteiger partial charge on any atom is 0.332 e. The zero-order valence-electron chi connectivity index (χ0n) is 17.0. The molecule has 0 aromatic heterocycles. The van der Waals surface area contributed by atoms with Gasteiger partial charge in [-0.05, 0) is 13.8 Å². The van der Waals surface area contributed by atoms with Crippen LogP contribution in [0.1, 0.15) is 13.8 Å². The van der Waals surface area contributed by atoms with E-state index in [2.05, 4.69) is 0 Å². The first-order valence-corrected chi connectivity index (χ1v) is 9.92. The first kappa shape index (κ1) is 19.2. The Balaban J connectivity index is 1.72. The van der Waals surface area contributed by atoms with Crippen molar-refractivity contribution >= 4 is 29.7 Å². The number of esters is 2. The molecular formula is C20H22N2O8. The number of likely N-dealkylation sites (tertiary alicyclic amines) is 1. The van der Waals surface area contributed by atoms with Gasteiger partial charge in [-0.25, -0.2) is 4.79 Å². The van der Waals surface area contributed by atoms with Crippen molar-refractivity contribution in [3.63, 3.8) is 0 Å². The van der Waals surface area contributed by atoms with E-state index in [0.717, 1.165) is 4.90 Å². The van der Waals surface area contributed by atoms with Crippen molar-refractivity contribution in [2.75, 3.05) is 20.8 Å². The lowest BCUT2D eigenvalue weighted by molar-refractivity contribution is -0.165. The third-order valence-electron chi connectivity index (χ3n) is 7.61. The van der Waals surface area contributed by atoms with Crippen LogP contribution in [-0.2, 0) is 38.2 Å². The number of imide groups is 1. The number of hydrogen-bond donors (Lipinski definition) is 0. The monoisotopic (exact) mass is 418 g/mol. The molecule has 5 rings (SSSR count). The average Bonchev–Trinajstić information content (AvgIpc) is 3.48. The first-order chi connectivity index (χ1) is 14.2. The zero-order valence-corrected chi connectivity index (χ0v) is 17.0. The summed E-state index contributed by atoms with van der Waals surface area (Å²) < 4.78 is 16.0. The van der Waals surface area contributed by atoms with Crippen molar-refractivity contribution in [3.05, 3.63) is 12.2 Å². The molecule has 0 radical (unpaired) electrons. The molecule has 0 N–H and O–H groups in total. The van der Waals surface area contributed by atoms with Gasteiger partial charge in [0.15, 0.2) is 5.54 Å². The quantitative estimate of drug-likeness (QED) is 0.321. The minimum absolute atomic E-state index is 0.156. The van der Waals surface area contributed by atoms with Crippen LogP contribution in [0.15, 0.2) is 12.2 Å². The third-order valence-corrected chi connectivity index (χ3v) is 7.61. The van der Waals surface area contributed by atoms with E-state index in [9.17, 15) is 24.0 Å². The molecule has 1 spiro atoms. The molecule has 4 saturated heterocycles. The van der Waals surface area contributed by atoms with Gasteiger partial charge >= 0.3 is 11.9 Å². The summed E-state index contributed by atoms with van der Waals surface area (Å²) in [6.45, 7) is 3.29. The van der Waals surface area contributed by atoms with Crippen LogP contribution < -0.4 is 0 Å². The number of methoxy groups -OCH3 is 2. The van der Waals surface area contributed by atoms with Crippen LogP contribution in [0.2, 0.25) is 0 Å². The van der Waals surface area contributed by atoms with Gasteiger partial charge in [-0.15, -0.1) is 0 Å². The Bertz CT molecular complexity index is 945. The van der Waals surface area contributed by atoms with Gasteiger partial charge in [-0.1, -0.05) is 12.2 Å². The van der Waals surface area contributed by atoms with Crippen LogP contribution in [-0.4, -0.2) is 83.5 Å². The molecular weight excluding hydrogens is 396 g/mol. The summed E-state index contributed by atoms with van der Waals surface area (Å²) in [6, 6.07) is -0.895. The standard InChI is InChI=1S/C20H22N2O8/c1-5-21-14(23)10-11(15(21)24)19(2,18(27)29-4)22-13(10)20-7-6-8(30-20)9(17(26)28-3)12(20)16(22)25/h6-13H,5H2,1-4H3/t8-,9-,10-,11-,12+,13+,19-,20+/m0/s1. The van der Waals surface area contributed by atoms with Crippen LogP contribution in [0.5, 0.6) is 0 Å².